The van der Waals surface area contributed by atoms with Gasteiger partial charge in [0.25, 0.3) is 0 Å². The molecule has 0 bridgehead atoms. The van der Waals surface area contributed by atoms with Gasteiger partial charge < -0.3 is 10.2 Å². The van der Waals surface area contributed by atoms with Gasteiger partial charge in [-0.15, -0.1) is 0 Å². The number of benzene rings is 2. The van der Waals surface area contributed by atoms with Crippen LogP contribution < -0.4 is 9.62 Å². The number of nitrogens with zero attached hydrogens (tertiary/aromatic N) is 2. The number of amides is 2. The van der Waals surface area contributed by atoms with Crippen LogP contribution in [0.15, 0.2) is 36.4 Å². The number of halogens is 3. The number of carbonyl (C=O) groups is 2. The summed E-state index contributed by atoms with van der Waals surface area (Å²) in [6, 6.07) is 9.40. The van der Waals surface area contributed by atoms with E-state index in [2.05, 4.69) is 5.32 Å². The Kier molecular flexibility index (Phi) is 10.7. The number of hydrogen-bond acceptors (Lipinski definition) is 4. The molecule has 0 radical (unpaired) electrons. The lowest BCUT2D eigenvalue weighted by molar-refractivity contribution is -0.140. The van der Waals surface area contributed by atoms with Crippen LogP contribution in [0.3, 0.4) is 0 Å². The Morgan fingerprint density at radius 3 is 2.26 bits per heavy atom. The molecule has 7 nitrogen and oxygen atoms in total. The number of sulfonamides is 1. The molecule has 0 aromatic heterocycles. The van der Waals surface area contributed by atoms with Crippen LogP contribution in [0.1, 0.15) is 37.8 Å². The minimum Gasteiger partial charge on any atom is -0.354 e. The summed E-state index contributed by atoms with van der Waals surface area (Å²) in [5.74, 6) is -0.855. The Morgan fingerprint density at radius 2 is 1.69 bits per heavy atom. The van der Waals surface area contributed by atoms with Gasteiger partial charge in [-0.3, -0.25) is 13.9 Å². The lowest BCUT2D eigenvalue weighted by Gasteiger charge is -2.33. The Bertz CT molecular complexity index is 1170. The van der Waals surface area contributed by atoms with Gasteiger partial charge in [0, 0.05) is 13.1 Å². The maximum atomic E-state index is 13.6. The third-order valence-electron chi connectivity index (χ3n) is 5.31. The molecule has 0 aliphatic carbocycles. The van der Waals surface area contributed by atoms with Crippen molar-refractivity contribution in [3.63, 3.8) is 0 Å². The molecule has 0 spiro atoms. The van der Waals surface area contributed by atoms with Gasteiger partial charge in [0.15, 0.2) is 0 Å². The van der Waals surface area contributed by atoms with Crippen LogP contribution >= 0.6 is 34.8 Å². The van der Waals surface area contributed by atoms with Gasteiger partial charge in [-0.25, -0.2) is 8.42 Å². The summed E-state index contributed by atoms with van der Waals surface area (Å²) in [5.41, 5.74) is 1.84. The fourth-order valence-corrected chi connectivity index (χ4v) is 5.14. The van der Waals surface area contributed by atoms with Gasteiger partial charge in [0.05, 0.1) is 27.0 Å². The summed E-state index contributed by atoms with van der Waals surface area (Å²) in [6.07, 6.45) is 2.06. The summed E-state index contributed by atoms with van der Waals surface area (Å²) in [6.45, 7) is 5.69. The fraction of sp³-hybridized carbons (Fsp3) is 0.417. The Morgan fingerprint density at radius 1 is 1.03 bits per heavy atom. The van der Waals surface area contributed by atoms with E-state index in [0.29, 0.717) is 13.0 Å². The van der Waals surface area contributed by atoms with Crippen molar-refractivity contribution in [3.8, 4) is 0 Å². The van der Waals surface area contributed by atoms with E-state index in [9.17, 15) is 18.0 Å². The van der Waals surface area contributed by atoms with Gasteiger partial charge in [0.2, 0.25) is 21.8 Å². The van der Waals surface area contributed by atoms with Gasteiger partial charge in [-0.1, -0.05) is 78.5 Å². The third kappa shape index (κ3) is 8.00. The topological polar surface area (TPSA) is 86.8 Å². The maximum Gasteiger partial charge on any atom is 0.244 e. The highest BCUT2D eigenvalue weighted by atomic mass is 35.5. The standard InChI is InChI=1S/C24H30Cl3N3O4S/c1-5-10-28-24(32)21(6-2)29(14-17-9-7-8-16(3)11-17)23(31)15-30(35(4,33)34)22-13-19(26)18(25)12-20(22)27/h7-9,11-13,21H,5-6,10,14-15H2,1-4H3,(H,28,32). The highest BCUT2D eigenvalue weighted by molar-refractivity contribution is 7.92. The average Bonchev–Trinajstić information content (AvgIpc) is 2.77. The second kappa shape index (κ2) is 12.8. The fourth-order valence-electron chi connectivity index (χ4n) is 3.59. The number of anilines is 1. The van der Waals surface area contributed by atoms with Crippen LogP contribution in [0.4, 0.5) is 5.69 Å². The van der Waals surface area contributed by atoms with Crippen molar-refractivity contribution in [2.24, 2.45) is 0 Å². The van der Waals surface area contributed by atoms with Crippen molar-refractivity contribution in [2.75, 3.05) is 23.7 Å². The molecule has 1 unspecified atom stereocenters. The van der Waals surface area contributed by atoms with E-state index in [1.807, 2.05) is 38.1 Å². The molecule has 1 N–H and O–H groups in total. The quantitative estimate of drug-likeness (QED) is 0.388. The van der Waals surface area contributed by atoms with Gasteiger partial charge in [-0.2, -0.15) is 0 Å². The molecule has 2 amide bonds. The minimum absolute atomic E-state index is 0.0237. The number of nitrogens with one attached hydrogen (secondary N) is 1. The first kappa shape index (κ1) is 29.2. The van der Waals surface area contributed by atoms with E-state index < -0.39 is 28.5 Å². The van der Waals surface area contributed by atoms with Crippen LogP contribution in [-0.2, 0) is 26.2 Å². The van der Waals surface area contributed by atoms with Crippen LogP contribution in [0, 0.1) is 6.92 Å². The Balaban J connectivity index is 2.49. The first-order valence-corrected chi connectivity index (χ1v) is 14.1. The molecule has 0 aliphatic heterocycles. The second-order valence-corrected chi connectivity index (χ2v) is 11.3. The van der Waals surface area contributed by atoms with Crippen LogP contribution in [-0.4, -0.2) is 50.5 Å². The summed E-state index contributed by atoms with van der Waals surface area (Å²) in [5, 5.41) is 3.10. The van der Waals surface area contributed by atoms with E-state index in [4.69, 9.17) is 34.8 Å². The molecule has 2 rings (SSSR count). The molecular weight excluding hydrogens is 533 g/mol. The van der Waals surface area contributed by atoms with E-state index >= 15 is 0 Å². The second-order valence-electron chi connectivity index (χ2n) is 8.21. The molecule has 0 heterocycles. The highest BCUT2D eigenvalue weighted by Crippen LogP contribution is 2.35. The molecule has 0 aliphatic rings. The van der Waals surface area contributed by atoms with Crippen molar-refractivity contribution >= 4 is 62.3 Å². The van der Waals surface area contributed by atoms with Gasteiger partial charge in [-0.05, 0) is 37.5 Å². The molecular formula is C24H30Cl3N3O4S. The van der Waals surface area contributed by atoms with E-state index in [0.717, 1.165) is 28.1 Å². The zero-order chi connectivity index (χ0) is 26.3. The van der Waals surface area contributed by atoms with Crippen LogP contribution in [0.25, 0.3) is 0 Å². The predicted molar refractivity (Wildman–Crippen MR) is 143 cm³/mol. The summed E-state index contributed by atoms with van der Waals surface area (Å²) in [4.78, 5) is 28.0. The molecule has 11 heteroatoms. The average molecular weight is 563 g/mol. The molecule has 2 aromatic rings. The van der Waals surface area contributed by atoms with Gasteiger partial charge >= 0.3 is 0 Å². The molecule has 0 fully saturated rings. The largest absolute Gasteiger partial charge is 0.354 e. The lowest BCUT2D eigenvalue weighted by atomic mass is 10.1. The smallest absolute Gasteiger partial charge is 0.244 e. The first-order chi connectivity index (χ1) is 16.4. The Labute approximate surface area is 222 Å². The number of aryl methyl sites for hydroxylation is 1. The normalized spacial score (nSPS) is 12.2. The minimum atomic E-state index is -3.95. The van der Waals surface area contributed by atoms with E-state index in [1.54, 1.807) is 6.92 Å². The number of rotatable bonds is 11. The summed E-state index contributed by atoms with van der Waals surface area (Å²) < 4.78 is 26.3. The molecule has 1 atom stereocenters. The molecule has 0 saturated carbocycles. The van der Waals surface area contributed by atoms with E-state index in [1.165, 1.54) is 17.0 Å². The third-order valence-corrected chi connectivity index (χ3v) is 7.46. The summed E-state index contributed by atoms with van der Waals surface area (Å²) >= 11 is 18.4. The zero-order valence-corrected chi connectivity index (χ0v) is 23.2. The highest BCUT2D eigenvalue weighted by Gasteiger charge is 2.32. The SMILES string of the molecule is CCCNC(=O)C(CC)N(Cc1cccc(C)c1)C(=O)CN(c1cc(Cl)c(Cl)cc1Cl)S(C)(=O)=O. The van der Waals surface area contributed by atoms with Crippen LogP contribution in [0.2, 0.25) is 15.1 Å². The predicted octanol–water partition coefficient (Wildman–Crippen LogP) is 5.05. The van der Waals surface area contributed by atoms with Crippen molar-refractivity contribution in [1.29, 1.82) is 0 Å². The first-order valence-electron chi connectivity index (χ1n) is 11.1. The molecule has 35 heavy (non-hydrogen) atoms. The molecule has 0 saturated heterocycles. The van der Waals surface area contributed by atoms with Gasteiger partial charge in [0.1, 0.15) is 12.6 Å². The lowest BCUT2D eigenvalue weighted by Crippen LogP contribution is -2.52. The maximum absolute atomic E-state index is 13.6. The monoisotopic (exact) mass is 561 g/mol. The number of carbonyl (C=O) groups excluding carboxylic acids is 2. The van der Waals surface area contributed by atoms with Crippen molar-refractivity contribution in [2.45, 2.75) is 46.2 Å². The summed E-state index contributed by atoms with van der Waals surface area (Å²) in [7, 11) is -3.95. The zero-order valence-electron chi connectivity index (χ0n) is 20.1. The van der Waals surface area contributed by atoms with Crippen molar-refractivity contribution < 1.29 is 18.0 Å². The van der Waals surface area contributed by atoms with Crippen molar-refractivity contribution in [1.82, 2.24) is 10.2 Å². The Hall–Kier alpha value is -2.00. The molecule has 2 aromatic carbocycles. The van der Waals surface area contributed by atoms with Crippen molar-refractivity contribution in [3.05, 3.63) is 62.6 Å². The number of hydrogen-bond donors (Lipinski definition) is 1. The van der Waals surface area contributed by atoms with E-state index in [-0.39, 0.29) is 33.2 Å². The molecule has 192 valence electrons. The van der Waals surface area contributed by atoms with Crippen LogP contribution in [0.5, 0.6) is 0 Å².